The van der Waals surface area contributed by atoms with Crippen molar-refractivity contribution in [1.29, 1.82) is 5.26 Å². The Morgan fingerprint density at radius 1 is 1.55 bits per heavy atom. The van der Waals surface area contributed by atoms with Crippen molar-refractivity contribution < 1.29 is 14.1 Å². The zero-order valence-corrected chi connectivity index (χ0v) is 12.1. The van der Waals surface area contributed by atoms with Crippen LogP contribution in [0, 0.1) is 11.3 Å². The van der Waals surface area contributed by atoms with Gasteiger partial charge in [0.25, 0.3) is 5.91 Å². The second-order valence-corrected chi connectivity index (χ2v) is 4.78. The molecule has 0 saturated heterocycles. The quantitative estimate of drug-likeness (QED) is 0.927. The second kappa shape index (κ2) is 6.32. The summed E-state index contributed by atoms with van der Waals surface area (Å²) in [4.78, 5) is 12.0. The van der Waals surface area contributed by atoms with Gasteiger partial charge in [-0.05, 0) is 18.2 Å². The van der Waals surface area contributed by atoms with Crippen LogP contribution in [0.15, 0.2) is 33.3 Å². The van der Waals surface area contributed by atoms with Crippen molar-refractivity contribution in [2.24, 2.45) is 0 Å². The number of carbonyl (C=O) groups excluding carboxylic acids is 1. The highest BCUT2D eigenvalue weighted by Crippen LogP contribution is 2.21. The molecule has 1 amide bonds. The van der Waals surface area contributed by atoms with Gasteiger partial charge in [0.1, 0.15) is 12.7 Å². The Hall–Kier alpha value is -2.17. The number of nitriles is 1. The first-order valence-corrected chi connectivity index (χ1v) is 6.39. The number of nitrogens with one attached hydrogen (secondary N) is 1. The third-order valence-electron chi connectivity index (χ3n) is 2.43. The van der Waals surface area contributed by atoms with Crippen LogP contribution in [0.25, 0.3) is 0 Å². The molecule has 0 aliphatic heterocycles. The normalized spacial score (nSPS) is 10.1. The molecule has 0 saturated carbocycles. The lowest BCUT2D eigenvalue weighted by molar-refractivity contribution is 0.101. The Kier molecular flexibility index (Phi) is 4.50. The molecule has 1 aromatic carbocycles. The van der Waals surface area contributed by atoms with Gasteiger partial charge in [-0.2, -0.15) is 5.26 Å². The van der Waals surface area contributed by atoms with Gasteiger partial charge in [0.05, 0.1) is 11.3 Å². The Morgan fingerprint density at radius 3 is 3.05 bits per heavy atom. The zero-order chi connectivity index (χ0) is 14.5. The molecule has 20 heavy (non-hydrogen) atoms. The summed E-state index contributed by atoms with van der Waals surface area (Å²) >= 11 is 3.28. The molecule has 1 N–H and O–H groups in total. The molecule has 6 nitrogen and oxygen atoms in total. The minimum Gasteiger partial charge on any atom is -0.377 e. The van der Waals surface area contributed by atoms with Crippen LogP contribution in [0.3, 0.4) is 0 Å². The number of anilines is 1. The van der Waals surface area contributed by atoms with Crippen molar-refractivity contribution in [2.75, 3.05) is 12.4 Å². The summed E-state index contributed by atoms with van der Waals surface area (Å²) in [5.74, 6) is -0.00176. The van der Waals surface area contributed by atoms with Gasteiger partial charge in [-0.1, -0.05) is 21.1 Å². The molecular weight excluding hydrogens is 326 g/mol. The van der Waals surface area contributed by atoms with Crippen molar-refractivity contribution in [1.82, 2.24) is 5.16 Å². The molecular formula is C13H10BrN3O3. The molecule has 1 aromatic heterocycles. The molecule has 0 bridgehead atoms. The van der Waals surface area contributed by atoms with Crippen LogP contribution in [0.4, 0.5) is 5.69 Å². The van der Waals surface area contributed by atoms with E-state index in [9.17, 15) is 4.79 Å². The molecule has 0 unspecified atom stereocenters. The summed E-state index contributed by atoms with van der Waals surface area (Å²) in [5.41, 5.74) is 0.895. The van der Waals surface area contributed by atoms with E-state index < -0.39 is 5.91 Å². The number of hydrogen-bond acceptors (Lipinski definition) is 5. The second-order valence-electron chi connectivity index (χ2n) is 3.87. The summed E-state index contributed by atoms with van der Waals surface area (Å²) in [6.45, 7) is 0.237. The van der Waals surface area contributed by atoms with E-state index in [1.807, 2.05) is 6.07 Å². The summed E-state index contributed by atoms with van der Waals surface area (Å²) in [7, 11) is 1.52. The first-order valence-electron chi connectivity index (χ1n) is 5.59. The molecule has 0 radical (unpaired) electrons. The molecule has 1 heterocycles. The molecule has 2 rings (SSSR count). The van der Waals surface area contributed by atoms with E-state index in [0.29, 0.717) is 17.0 Å². The van der Waals surface area contributed by atoms with E-state index >= 15 is 0 Å². The van der Waals surface area contributed by atoms with Gasteiger partial charge in [0.15, 0.2) is 11.5 Å². The lowest BCUT2D eigenvalue weighted by Crippen LogP contribution is -2.13. The van der Waals surface area contributed by atoms with E-state index in [1.165, 1.54) is 13.2 Å². The van der Waals surface area contributed by atoms with Crippen LogP contribution in [0.1, 0.15) is 21.8 Å². The van der Waals surface area contributed by atoms with Gasteiger partial charge in [-0.25, -0.2) is 0 Å². The first kappa shape index (κ1) is 14.2. The number of amides is 1. The highest BCUT2D eigenvalue weighted by Gasteiger charge is 2.14. The predicted octanol–water partition coefficient (Wildman–Crippen LogP) is 2.71. The highest BCUT2D eigenvalue weighted by atomic mass is 79.9. The topological polar surface area (TPSA) is 88.1 Å². The molecule has 0 aliphatic carbocycles. The van der Waals surface area contributed by atoms with Crippen LogP contribution in [-0.4, -0.2) is 18.2 Å². The summed E-state index contributed by atoms with van der Waals surface area (Å²) in [5, 5.41) is 15.3. The van der Waals surface area contributed by atoms with E-state index in [1.54, 1.807) is 18.2 Å². The Balaban J connectivity index is 2.19. The monoisotopic (exact) mass is 335 g/mol. The van der Waals surface area contributed by atoms with Gasteiger partial charge in [-0.3, -0.25) is 4.79 Å². The molecule has 2 aromatic rings. The fourth-order valence-electron chi connectivity index (χ4n) is 1.53. The van der Waals surface area contributed by atoms with Crippen molar-refractivity contribution in [3.05, 3.63) is 45.8 Å². The van der Waals surface area contributed by atoms with Crippen LogP contribution < -0.4 is 5.32 Å². The lowest BCUT2D eigenvalue weighted by Gasteiger charge is -2.05. The number of methoxy groups -OCH3 is 1. The van der Waals surface area contributed by atoms with Gasteiger partial charge in [0.2, 0.25) is 0 Å². The summed E-state index contributed by atoms with van der Waals surface area (Å²) < 4.78 is 10.6. The highest BCUT2D eigenvalue weighted by molar-refractivity contribution is 9.10. The number of rotatable bonds is 4. The fraction of sp³-hybridized carbons (Fsp3) is 0.154. The van der Waals surface area contributed by atoms with E-state index in [4.69, 9.17) is 14.5 Å². The lowest BCUT2D eigenvalue weighted by atomic mass is 10.2. The maximum absolute atomic E-state index is 12.0. The minimum absolute atomic E-state index is 0.126. The Bertz CT molecular complexity index is 676. The maximum atomic E-state index is 12.0. The summed E-state index contributed by atoms with van der Waals surface area (Å²) in [6, 6.07) is 8.47. The molecule has 0 spiro atoms. The molecule has 0 atom stereocenters. The molecule has 0 aliphatic rings. The number of carbonyl (C=O) groups is 1. The number of benzene rings is 1. The van der Waals surface area contributed by atoms with Crippen LogP contribution in [0.5, 0.6) is 0 Å². The summed E-state index contributed by atoms with van der Waals surface area (Å²) in [6.07, 6.45) is 0. The van der Waals surface area contributed by atoms with Gasteiger partial charge in [-0.15, -0.1) is 0 Å². The predicted molar refractivity (Wildman–Crippen MR) is 74.0 cm³/mol. The van der Waals surface area contributed by atoms with Crippen LogP contribution in [0.2, 0.25) is 0 Å². The largest absolute Gasteiger partial charge is 0.377 e. The first-order chi connectivity index (χ1) is 9.63. The van der Waals surface area contributed by atoms with E-state index in [0.717, 1.165) is 4.47 Å². The standard InChI is InChI=1S/C13H10BrN3O3/c1-19-7-10-5-12(17-20-10)13(18)16-11-4-9(14)3-2-8(11)6-15/h2-5H,7H2,1H3,(H,16,18). The van der Waals surface area contributed by atoms with E-state index in [2.05, 4.69) is 26.4 Å². The zero-order valence-electron chi connectivity index (χ0n) is 10.5. The maximum Gasteiger partial charge on any atom is 0.277 e. The third-order valence-corrected chi connectivity index (χ3v) is 2.92. The van der Waals surface area contributed by atoms with E-state index in [-0.39, 0.29) is 12.3 Å². The van der Waals surface area contributed by atoms with Gasteiger partial charge in [0, 0.05) is 17.6 Å². The average Bonchev–Trinajstić information content (AvgIpc) is 2.88. The number of aromatic nitrogens is 1. The smallest absolute Gasteiger partial charge is 0.277 e. The van der Waals surface area contributed by atoms with Gasteiger partial charge >= 0.3 is 0 Å². The SMILES string of the molecule is COCc1cc(C(=O)Nc2cc(Br)ccc2C#N)no1. The third kappa shape index (κ3) is 3.23. The van der Waals surface area contributed by atoms with Crippen molar-refractivity contribution in [3.8, 4) is 6.07 Å². The van der Waals surface area contributed by atoms with Crippen molar-refractivity contribution in [2.45, 2.75) is 6.61 Å². The Morgan fingerprint density at radius 2 is 2.35 bits per heavy atom. The fourth-order valence-corrected chi connectivity index (χ4v) is 1.90. The van der Waals surface area contributed by atoms with Gasteiger partial charge < -0.3 is 14.6 Å². The van der Waals surface area contributed by atoms with Crippen LogP contribution in [-0.2, 0) is 11.3 Å². The van der Waals surface area contributed by atoms with Crippen LogP contribution >= 0.6 is 15.9 Å². The molecule has 7 heteroatoms. The number of nitrogens with zero attached hydrogens (tertiary/aromatic N) is 2. The van der Waals surface area contributed by atoms with Crippen molar-refractivity contribution in [3.63, 3.8) is 0 Å². The number of halogens is 1. The number of ether oxygens (including phenoxy) is 1. The molecule has 0 fully saturated rings. The average molecular weight is 336 g/mol. The molecule has 102 valence electrons. The number of hydrogen-bond donors (Lipinski definition) is 1. The van der Waals surface area contributed by atoms with Crippen molar-refractivity contribution >= 4 is 27.5 Å². The minimum atomic E-state index is -0.453. The Labute approximate surface area is 123 Å².